The van der Waals surface area contributed by atoms with Crippen molar-refractivity contribution in [2.45, 2.75) is 12.5 Å². The fraction of sp³-hybridized carbons (Fsp3) is 0.333. The quantitative estimate of drug-likeness (QED) is 0.676. The molecule has 0 heterocycles. The average molecular weight is 168 g/mol. The molecular weight excluding hydrogens is 158 g/mol. The molecule has 0 bridgehead atoms. The molecule has 0 spiro atoms. The molecule has 0 aliphatic heterocycles. The van der Waals surface area contributed by atoms with E-state index < -0.39 is 0 Å². The van der Waals surface area contributed by atoms with E-state index in [2.05, 4.69) is 11.4 Å². The summed E-state index contributed by atoms with van der Waals surface area (Å²) in [6, 6.07) is 6.57. The number of likely N-dealkylation sites (N-methyl/N-ethyl adjacent to an activating group) is 1. The van der Waals surface area contributed by atoms with Crippen LogP contribution in [-0.2, 0) is 6.42 Å². The van der Waals surface area contributed by atoms with E-state index in [4.69, 9.17) is 11.6 Å². The van der Waals surface area contributed by atoms with Gasteiger partial charge in [-0.1, -0.05) is 23.7 Å². The molecule has 0 saturated heterocycles. The summed E-state index contributed by atoms with van der Waals surface area (Å²) in [4.78, 5) is 0. The Balaban J connectivity index is 2.43. The molecule has 0 saturated carbocycles. The van der Waals surface area contributed by atoms with Crippen LogP contribution in [0.25, 0.3) is 0 Å². The highest BCUT2D eigenvalue weighted by atomic mass is 35.5. The maximum absolute atomic E-state index is 6.00. The van der Waals surface area contributed by atoms with Crippen LogP contribution < -0.4 is 5.32 Å². The first-order valence-corrected chi connectivity index (χ1v) is 4.15. The Labute approximate surface area is 71.4 Å². The zero-order valence-electron chi connectivity index (χ0n) is 6.39. The third kappa shape index (κ3) is 0.959. The molecule has 1 aromatic carbocycles. The smallest absolute Gasteiger partial charge is 0.0456 e. The van der Waals surface area contributed by atoms with E-state index in [1.807, 2.05) is 19.2 Å². The second-order valence-corrected chi connectivity index (χ2v) is 3.27. The molecule has 2 heteroatoms. The number of benzene rings is 1. The van der Waals surface area contributed by atoms with Gasteiger partial charge in [0.15, 0.2) is 0 Å². The standard InChI is InChI=1S/C9H10ClN/c1-11-8-5-6-3-2-4-7(10)9(6)8/h2-4,8,11H,5H2,1H3. The second-order valence-electron chi connectivity index (χ2n) is 2.86. The van der Waals surface area contributed by atoms with E-state index in [9.17, 15) is 0 Å². The fourth-order valence-corrected chi connectivity index (χ4v) is 1.91. The highest BCUT2D eigenvalue weighted by molar-refractivity contribution is 6.31. The minimum atomic E-state index is 0.485. The van der Waals surface area contributed by atoms with Crippen LogP contribution in [0, 0.1) is 0 Å². The maximum atomic E-state index is 6.00. The molecule has 0 aromatic heterocycles. The summed E-state index contributed by atoms with van der Waals surface area (Å²) >= 11 is 6.00. The van der Waals surface area contributed by atoms with Crippen LogP contribution in [0.3, 0.4) is 0 Å². The Kier molecular flexibility index (Phi) is 1.63. The zero-order chi connectivity index (χ0) is 7.84. The number of rotatable bonds is 1. The van der Waals surface area contributed by atoms with Crippen LogP contribution in [0.5, 0.6) is 0 Å². The lowest BCUT2D eigenvalue weighted by Crippen LogP contribution is -2.28. The van der Waals surface area contributed by atoms with Gasteiger partial charge in [-0.05, 0) is 30.7 Å². The SMILES string of the molecule is CNC1Cc2cccc(Cl)c21. The Bertz CT molecular complexity index is 269. The Morgan fingerprint density at radius 2 is 2.36 bits per heavy atom. The van der Waals surface area contributed by atoms with Gasteiger partial charge in [0, 0.05) is 11.1 Å². The van der Waals surface area contributed by atoms with Crippen molar-refractivity contribution in [3.8, 4) is 0 Å². The Hall–Kier alpha value is -0.530. The summed E-state index contributed by atoms with van der Waals surface area (Å²) in [5, 5.41) is 4.11. The summed E-state index contributed by atoms with van der Waals surface area (Å²) in [6.07, 6.45) is 1.12. The van der Waals surface area contributed by atoms with Gasteiger partial charge in [0.1, 0.15) is 0 Å². The third-order valence-corrected chi connectivity index (χ3v) is 2.59. The van der Waals surface area contributed by atoms with Crippen molar-refractivity contribution in [2.24, 2.45) is 0 Å². The monoisotopic (exact) mass is 167 g/mol. The summed E-state index contributed by atoms with van der Waals surface area (Å²) in [5.41, 5.74) is 2.67. The molecule has 0 amide bonds. The van der Waals surface area contributed by atoms with Crippen molar-refractivity contribution in [1.82, 2.24) is 5.32 Å². The minimum Gasteiger partial charge on any atom is -0.313 e. The molecule has 58 valence electrons. The normalized spacial score (nSPS) is 20.7. The van der Waals surface area contributed by atoms with E-state index in [-0.39, 0.29) is 0 Å². The summed E-state index contributed by atoms with van der Waals surface area (Å²) in [5.74, 6) is 0. The van der Waals surface area contributed by atoms with Crippen LogP contribution >= 0.6 is 11.6 Å². The number of hydrogen-bond acceptors (Lipinski definition) is 1. The van der Waals surface area contributed by atoms with E-state index in [0.29, 0.717) is 6.04 Å². The Morgan fingerprint density at radius 3 is 3.00 bits per heavy atom. The van der Waals surface area contributed by atoms with E-state index in [1.165, 1.54) is 11.1 Å². The lowest BCUT2D eigenvalue weighted by molar-refractivity contribution is 0.530. The summed E-state index contributed by atoms with van der Waals surface area (Å²) in [7, 11) is 1.97. The van der Waals surface area contributed by atoms with Crippen molar-refractivity contribution in [1.29, 1.82) is 0 Å². The number of halogens is 1. The van der Waals surface area contributed by atoms with Gasteiger partial charge in [0.25, 0.3) is 0 Å². The van der Waals surface area contributed by atoms with Gasteiger partial charge < -0.3 is 5.32 Å². The molecule has 1 aliphatic carbocycles. The van der Waals surface area contributed by atoms with Crippen molar-refractivity contribution in [3.05, 3.63) is 34.3 Å². The van der Waals surface area contributed by atoms with Gasteiger partial charge in [0.05, 0.1) is 0 Å². The summed E-state index contributed by atoms with van der Waals surface area (Å²) < 4.78 is 0. The van der Waals surface area contributed by atoms with Gasteiger partial charge >= 0.3 is 0 Å². The number of fused-ring (bicyclic) bond motifs is 1. The molecule has 1 N–H and O–H groups in total. The molecule has 0 radical (unpaired) electrons. The largest absolute Gasteiger partial charge is 0.313 e. The van der Waals surface area contributed by atoms with E-state index >= 15 is 0 Å². The molecule has 1 aromatic rings. The van der Waals surface area contributed by atoms with Crippen LogP contribution in [-0.4, -0.2) is 7.05 Å². The average Bonchev–Trinajstić information content (AvgIpc) is 1.93. The highest BCUT2D eigenvalue weighted by Gasteiger charge is 2.26. The molecule has 2 rings (SSSR count). The summed E-state index contributed by atoms with van der Waals surface area (Å²) in [6.45, 7) is 0. The maximum Gasteiger partial charge on any atom is 0.0456 e. The van der Waals surface area contributed by atoms with Crippen molar-refractivity contribution in [3.63, 3.8) is 0 Å². The van der Waals surface area contributed by atoms with Crippen molar-refractivity contribution < 1.29 is 0 Å². The van der Waals surface area contributed by atoms with Crippen LogP contribution in [0.4, 0.5) is 0 Å². The number of hydrogen-bond donors (Lipinski definition) is 1. The first-order valence-electron chi connectivity index (χ1n) is 3.77. The Morgan fingerprint density at radius 1 is 1.55 bits per heavy atom. The van der Waals surface area contributed by atoms with Gasteiger partial charge in [-0.2, -0.15) is 0 Å². The molecular formula is C9H10ClN. The predicted octanol–water partition coefficient (Wildman–Crippen LogP) is 2.16. The highest BCUT2D eigenvalue weighted by Crippen LogP contribution is 2.37. The van der Waals surface area contributed by atoms with E-state index in [0.717, 1.165) is 11.4 Å². The molecule has 1 nitrogen and oxygen atoms in total. The lowest BCUT2D eigenvalue weighted by atomic mass is 9.83. The zero-order valence-corrected chi connectivity index (χ0v) is 7.15. The molecule has 1 atom stereocenters. The minimum absolute atomic E-state index is 0.485. The van der Waals surface area contributed by atoms with Crippen molar-refractivity contribution in [2.75, 3.05) is 7.05 Å². The van der Waals surface area contributed by atoms with Gasteiger partial charge in [0.2, 0.25) is 0 Å². The second kappa shape index (κ2) is 2.50. The van der Waals surface area contributed by atoms with Gasteiger partial charge in [-0.3, -0.25) is 0 Å². The first-order chi connectivity index (χ1) is 5.33. The molecule has 1 aliphatic rings. The number of nitrogens with one attached hydrogen (secondary N) is 1. The predicted molar refractivity (Wildman–Crippen MR) is 47.0 cm³/mol. The lowest BCUT2D eigenvalue weighted by Gasteiger charge is -2.30. The topological polar surface area (TPSA) is 12.0 Å². The van der Waals surface area contributed by atoms with Gasteiger partial charge in [-0.25, -0.2) is 0 Å². The van der Waals surface area contributed by atoms with Crippen molar-refractivity contribution >= 4 is 11.6 Å². The third-order valence-electron chi connectivity index (χ3n) is 2.26. The fourth-order valence-electron chi connectivity index (χ4n) is 1.59. The van der Waals surface area contributed by atoms with Crippen LogP contribution in [0.15, 0.2) is 18.2 Å². The first kappa shape index (κ1) is 7.14. The van der Waals surface area contributed by atoms with Crippen LogP contribution in [0.1, 0.15) is 17.2 Å². The van der Waals surface area contributed by atoms with Gasteiger partial charge in [-0.15, -0.1) is 0 Å². The molecule has 0 fully saturated rings. The molecule has 1 unspecified atom stereocenters. The molecule has 11 heavy (non-hydrogen) atoms. The van der Waals surface area contributed by atoms with E-state index in [1.54, 1.807) is 0 Å². The van der Waals surface area contributed by atoms with Crippen LogP contribution in [0.2, 0.25) is 5.02 Å².